The van der Waals surface area contributed by atoms with Gasteiger partial charge in [-0.2, -0.15) is 11.8 Å². The van der Waals surface area contributed by atoms with Gasteiger partial charge in [-0.25, -0.2) is 0 Å². The Hall–Kier alpha value is 0.310. The van der Waals surface area contributed by atoms with Gasteiger partial charge in [0.2, 0.25) is 0 Å². The Bertz CT molecular complexity index is 181. The highest BCUT2D eigenvalue weighted by atomic mass is 32.2. The summed E-state index contributed by atoms with van der Waals surface area (Å²) in [4.78, 5) is 0. The van der Waals surface area contributed by atoms with Crippen LogP contribution in [-0.2, 0) is 0 Å². The zero-order valence-electron chi connectivity index (χ0n) is 10.1. The Balaban J connectivity index is 1.60. The van der Waals surface area contributed by atoms with Crippen molar-refractivity contribution in [2.45, 2.75) is 56.1 Å². The molecule has 0 spiro atoms. The van der Waals surface area contributed by atoms with Gasteiger partial charge in [-0.3, -0.25) is 0 Å². The van der Waals surface area contributed by atoms with E-state index in [1.54, 1.807) is 0 Å². The van der Waals surface area contributed by atoms with Crippen LogP contribution in [0.1, 0.15) is 51.4 Å². The smallest absolute Gasteiger partial charge is 0.0282 e. The molecular weight excluding hydrogens is 202 g/mol. The lowest BCUT2D eigenvalue weighted by Gasteiger charge is -2.18. The van der Waals surface area contributed by atoms with E-state index in [2.05, 4.69) is 23.3 Å². The van der Waals surface area contributed by atoms with Gasteiger partial charge >= 0.3 is 0 Å². The molecule has 0 aromatic rings. The van der Waals surface area contributed by atoms with Crippen molar-refractivity contribution < 1.29 is 0 Å². The van der Waals surface area contributed by atoms with E-state index in [1.165, 1.54) is 64.5 Å². The topological polar surface area (TPSA) is 12.0 Å². The van der Waals surface area contributed by atoms with Crippen molar-refractivity contribution >= 4 is 11.8 Å². The maximum Gasteiger partial charge on any atom is 0.0282 e. The molecule has 0 unspecified atom stereocenters. The normalized spacial score (nSPS) is 26.2. The van der Waals surface area contributed by atoms with E-state index in [0.29, 0.717) is 4.75 Å². The SMILES string of the molecule is CSC1(CNCC2CCCCCC2)CC1. The number of hydrogen-bond donors (Lipinski definition) is 1. The quantitative estimate of drug-likeness (QED) is 0.722. The maximum absolute atomic E-state index is 3.72. The van der Waals surface area contributed by atoms with E-state index in [4.69, 9.17) is 0 Å². The van der Waals surface area contributed by atoms with E-state index < -0.39 is 0 Å². The largest absolute Gasteiger partial charge is 0.315 e. The molecule has 0 saturated heterocycles. The third-order valence-electron chi connectivity index (χ3n) is 4.10. The minimum absolute atomic E-state index is 0.644. The number of hydrogen-bond acceptors (Lipinski definition) is 2. The highest BCUT2D eigenvalue weighted by Crippen LogP contribution is 2.46. The van der Waals surface area contributed by atoms with Crippen LogP contribution in [0.4, 0.5) is 0 Å². The standard InChI is InChI=1S/C13H25NS/c1-15-13(8-9-13)11-14-10-12-6-4-2-3-5-7-12/h12,14H,2-11H2,1H3. The third kappa shape index (κ3) is 3.67. The molecule has 0 amide bonds. The first-order valence-corrected chi connectivity index (χ1v) is 7.83. The van der Waals surface area contributed by atoms with Gasteiger partial charge in [-0.05, 0) is 44.4 Å². The van der Waals surface area contributed by atoms with E-state index >= 15 is 0 Å². The monoisotopic (exact) mass is 227 g/mol. The number of rotatable bonds is 5. The molecular formula is C13H25NS. The van der Waals surface area contributed by atoms with Crippen LogP contribution in [0.15, 0.2) is 0 Å². The minimum atomic E-state index is 0.644. The van der Waals surface area contributed by atoms with Crippen molar-refractivity contribution in [1.29, 1.82) is 0 Å². The molecule has 0 aromatic heterocycles. The molecule has 1 N–H and O–H groups in total. The van der Waals surface area contributed by atoms with Crippen molar-refractivity contribution in [3.8, 4) is 0 Å². The van der Waals surface area contributed by atoms with E-state index in [0.717, 1.165) is 5.92 Å². The summed E-state index contributed by atoms with van der Waals surface area (Å²) in [6, 6.07) is 0. The van der Waals surface area contributed by atoms with Gasteiger partial charge in [0.05, 0.1) is 0 Å². The summed E-state index contributed by atoms with van der Waals surface area (Å²) in [5.74, 6) is 0.977. The molecule has 2 aliphatic rings. The summed E-state index contributed by atoms with van der Waals surface area (Å²) in [7, 11) is 0. The third-order valence-corrected chi connectivity index (χ3v) is 5.51. The van der Waals surface area contributed by atoms with E-state index in [9.17, 15) is 0 Å². The van der Waals surface area contributed by atoms with Crippen molar-refractivity contribution in [1.82, 2.24) is 5.32 Å². The summed E-state index contributed by atoms with van der Waals surface area (Å²) in [5.41, 5.74) is 0. The molecule has 2 heteroatoms. The average molecular weight is 227 g/mol. The first-order valence-electron chi connectivity index (χ1n) is 6.60. The molecule has 0 radical (unpaired) electrons. The Morgan fingerprint density at radius 1 is 1.13 bits per heavy atom. The lowest BCUT2D eigenvalue weighted by atomic mass is 10.0. The molecule has 0 bridgehead atoms. The van der Waals surface area contributed by atoms with E-state index in [-0.39, 0.29) is 0 Å². The van der Waals surface area contributed by atoms with Crippen molar-refractivity contribution in [2.75, 3.05) is 19.3 Å². The molecule has 2 saturated carbocycles. The summed E-state index contributed by atoms with van der Waals surface area (Å²) < 4.78 is 0.644. The highest BCUT2D eigenvalue weighted by Gasteiger charge is 2.41. The molecule has 2 aliphatic carbocycles. The van der Waals surface area contributed by atoms with E-state index in [1.807, 2.05) is 0 Å². The molecule has 2 fully saturated rings. The van der Waals surface area contributed by atoms with Gasteiger partial charge in [0, 0.05) is 11.3 Å². The van der Waals surface area contributed by atoms with Gasteiger partial charge in [-0.1, -0.05) is 25.7 Å². The Morgan fingerprint density at radius 2 is 1.80 bits per heavy atom. The van der Waals surface area contributed by atoms with Crippen molar-refractivity contribution in [3.05, 3.63) is 0 Å². The molecule has 0 aromatic carbocycles. The van der Waals surface area contributed by atoms with Crippen LogP contribution in [0.25, 0.3) is 0 Å². The Kier molecular flexibility index (Phi) is 4.39. The summed E-state index contributed by atoms with van der Waals surface area (Å²) in [6.07, 6.45) is 14.0. The highest BCUT2D eigenvalue weighted by molar-refractivity contribution is 8.00. The molecule has 15 heavy (non-hydrogen) atoms. The molecule has 88 valence electrons. The van der Waals surface area contributed by atoms with Crippen molar-refractivity contribution in [3.63, 3.8) is 0 Å². The van der Waals surface area contributed by atoms with Crippen molar-refractivity contribution in [2.24, 2.45) is 5.92 Å². The average Bonchev–Trinajstić information content (AvgIpc) is 3.03. The van der Waals surface area contributed by atoms with Crippen LogP contribution in [-0.4, -0.2) is 24.1 Å². The molecule has 0 aliphatic heterocycles. The summed E-state index contributed by atoms with van der Waals surface area (Å²) >= 11 is 2.07. The van der Waals surface area contributed by atoms with Gasteiger partial charge in [0.1, 0.15) is 0 Å². The van der Waals surface area contributed by atoms with Crippen LogP contribution >= 0.6 is 11.8 Å². The van der Waals surface area contributed by atoms with Crippen LogP contribution < -0.4 is 5.32 Å². The lowest BCUT2D eigenvalue weighted by Crippen LogP contribution is -2.30. The van der Waals surface area contributed by atoms with Gasteiger partial charge in [0.25, 0.3) is 0 Å². The summed E-state index contributed by atoms with van der Waals surface area (Å²) in [5, 5.41) is 3.72. The fourth-order valence-electron chi connectivity index (χ4n) is 2.66. The second kappa shape index (κ2) is 5.58. The predicted molar refractivity (Wildman–Crippen MR) is 69.5 cm³/mol. The molecule has 0 heterocycles. The Labute approximate surface area is 98.8 Å². The van der Waals surface area contributed by atoms with Gasteiger partial charge in [0.15, 0.2) is 0 Å². The first-order chi connectivity index (χ1) is 7.35. The zero-order chi connectivity index (χ0) is 10.6. The Morgan fingerprint density at radius 3 is 2.33 bits per heavy atom. The van der Waals surface area contributed by atoms with Crippen LogP contribution in [0.2, 0.25) is 0 Å². The second-order valence-electron chi connectivity index (χ2n) is 5.38. The van der Waals surface area contributed by atoms with Gasteiger partial charge in [-0.15, -0.1) is 0 Å². The summed E-state index contributed by atoms with van der Waals surface area (Å²) in [6.45, 7) is 2.53. The minimum Gasteiger partial charge on any atom is -0.315 e. The molecule has 0 atom stereocenters. The fourth-order valence-corrected chi connectivity index (χ4v) is 3.42. The number of nitrogens with one attached hydrogen (secondary N) is 1. The molecule has 2 rings (SSSR count). The predicted octanol–water partition coefficient (Wildman–Crippen LogP) is 3.44. The first kappa shape index (κ1) is 11.8. The molecule has 1 nitrogen and oxygen atoms in total. The second-order valence-corrected chi connectivity index (χ2v) is 6.65. The maximum atomic E-state index is 3.72. The van der Waals surface area contributed by atoms with Crippen LogP contribution in [0.5, 0.6) is 0 Å². The van der Waals surface area contributed by atoms with Gasteiger partial charge < -0.3 is 5.32 Å². The number of thioether (sulfide) groups is 1. The van der Waals surface area contributed by atoms with Crippen LogP contribution in [0, 0.1) is 5.92 Å². The van der Waals surface area contributed by atoms with Crippen LogP contribution in [0.3, 0.4) is 0 Å². The zero-order valence-corrected chi connectivity index (χ0v) is 10.9. The fraction of sp³-hybridized carbons (Fsp3) is 1.00. The lowest BCUT2D eigenvalue weighted by molar-refractivity contribution is 0.424.